The van der Waals surface area contributed by atoms with Gasteiger partial charge in [0.1, 0.15) is 10.8 Å². The van der Waals surface area contributed by atoms with Crippen molar-refractivity contribution in [1.82, 2.24) is 0 Å². The van der Waals surface area contributed by atoms with E-state index in [2.05, 4.69) is 10.3 Å². The average molecular weight is 206 g/mol. The van der Waals surface area contributed by atoms with Crippen molar-refractivity contribution < 1.29 is 4.79 Å². The van der Waals surface area contributed by atoms with Crippen molar-refractivity contribution in [1.29, 1.82) is 0 Å². The number of amidine groups is 1. The van der Waals surface area contributed by atoms with E-state index >= 15 is 0 Å². The fraction of sp³-hybridized carbons (Fsp3) is 0.400. The maximum atomic E-state index is 12.0. The lowest BCUT2D eigenvalue weighted by molar-refractivity contribution is 0.0953. The third kappa shape index (κ3) is 0.973. The van der Waals surface area contributed by atoms with Gasteiger partial charge in [-0.15, -0.1) is 11.3 Å². The van der Waals surface area contributed by atoms with Gasteiger partial charge in [0.25, 0.3) is 0 Å². The van der Waals surface area contributed by atoms with Crippen LogP contribution in [-0.4, -0.2) is 18.2 Å². The summed E-state index contributed by atoms with van der Waals surface area (Å²) >= 11 is 1.63. The second-order valence-electron chi connectivity index (χ2n) is 3.70. The van der Waals surface area contributed by atoms with Crippen LogP contribution in [0.15, 0.2) is 11.1 Å². The van der Waals surface area contributed by atoms with Crippen molar-refractivity contribution >= 4 is 28.0 Å². The van der Waals surface area contributed by atoms with E-state index in [-0.39, 0.29) is 11.7 Å². The normalized spacial score (nSPS) is 23.9. The molecule has 3 rings (SSSR count). The van der Waals surface area contributed by atoms with Gasteiger partial charge < -0.3 is 5.32 Å². The quantitative estimate of drug-likeness (QED) is 0.706. The maximum absolute atomic E-state index is 12.0. The van der Waals surface area contributed by atoms with E-state index in [1.165, 1.54) is 4.88 Å². The zero-order chi connectivity index (χ0) is 9.71. The number of Topliss-reactive ketones (excluding diaryl/α,β-unsaturated/α-hetero) is 1. The lowest BCUT2D eigenvalue weighted by Gasteiger charge is -2.19. The zero-order valence-corrected chi connectivity index (χ0v) is 8.65. The third-order valence-electron chi connectivity index (χ3n) is 2.71. The number of nitrogens with zero attached hydrogens (tertiary/aromatic N) is 1. The number of thiophene rings is 1. The molecule has 1 aromatic heterocycles. The van der Waals surface area contributed by atoms with E-state index < -0.39 is 0 Å². The van der Waals surface area contributed by atoms with Gasteiger partial charge in [0.05, 0.1) is 11.5 Å². The van der Waals surface area contributed by atoms with Gasteiger partial charge in [0.2, 0.25) is 0 Å². The van der Waals surface area contributed by atoms with E-state index in [1.54, 1.807) is 11.3 Å². The number of ketones is 1. The fourth-order valence-electron chi connectivity index (χ4n) is 2.04. The van der Waals surface area contributed by atoms with E-state index in [4.69, 9.17) is 0 Å². The number of fused-ring (bicyclic) bond motifs is 2. The second kappa shape index (κ2) is 2.67. The molecule has 1 N–H and O–H groups in total. The molecule has 3 heterocycles. The van der Waals surface area contributed by atoms with Gasteiger partial charge in [-0.25, -0.2) is 0 Å². The first-order chi connectivity index (χ1) is 6.75. The standard InChI is InChI=1S/C10H10N2OS/c1-5-4-7-8(13)6-2-3-11-9(6)12-10(7)14-5/h4,6H,2-3H2,1H3,(H,11,12). The van der Waals surface area contributed by atoms with E-state index in [0.29, 0.717) is 0 Å². The molecule has 2 aliphatic rings. The Morgan fingerprint density at radius 3 is 3.36 bits per heavy atom. The van der Waals surface area contributed by atoms with Crippen molar-refractivity contribution in [2.24, 2.45) is 10.9 Å². The molecule has 1 aromatic rings. The predicted molar refractivity (Wildman–Crippen MR) is 57.4 cm³/mol. The van der Waals surface area contributed by atoms with Crippen molar-refractivity contribution in [2.45, 2.75) is 13.3 Å². The van der Waals surface area contributed by atoms with Gasteiger partial charge in [-0.1, -0.05) is 0 Å². The second-order valence-corrected chi connectivity index (χ2v) is 4.95. The molecule has 4 heteroatoms. The Morgan fingerprint density at radius 1 is 1.64 bits per heavy atom. The van der Waals surface area contributed by atoms with Gasteiger partial charge in [-0.3, -0.25) is 9.79 Å². The van der Waals surface area contributed by atoms with Crippen LogP contribution in [-0.2, 0) is 0 Å². The number of aliphatic imine (C=N–C) groups is 1. The molecule has 0 saturated carbocycles. The summed E-state index contributed by atoms with van der Waals surface area (Å²) in [5, 5.41) is 4.23. The number of nitrogens with one attached hydrogen (secondary N) is 1. The summed E-state index contributed by atoms with van der Waals surface area (Å²) in [6, 6.07) is 1.98. The summed E-state index contributed by atoms with van der Waals surface area (Å²) in [6.07, 6.45) is 0.871. The topological polar surface area (TPSA) is 41.5 Å². The molecule has 0 aliphatic carbocycles. The van der Waals surface area contributed by atoms with Crippen LogP contribution in [0, 0.1) is 12.8 Å². The molecule has 0 fully saturated rings. The van der Waals surface area contributed by atoms with Crippen LogP contribution in [0.2, 0.25) is 0 Å². The van der Waals surface area contributed by atoms with Crippen LogP contribution >= 0.6 is 11.3 Å². The number of carbonyl (C=O) groups excluding carboxylic acids is 1. The highest BCUT2D eigenvalue weighted by Crippen LogP contribution is 2.36. The van der Waals surface area contributed by atoms with Crippen molar-refractivity contribution in [2.75, 3.05) is 11.9 Å². The molecule has 0 saturated heterocycles. The molecule has 2 aliphatic heterocycles. The Kier molecular flexibility index (Phi) is 1.56. The molecule has 0 amide bonds. The minimum atomic E-state index is 0.0106. The summed E-state index contributed by atoms with van der Waals surface area (Å²) in [4.78, 5) is 17.5. The number of anilines is 1. The molecule has 14 heavy (non-hydrogen) atoms. The summed E-state index contributed by atoms with van der Waals surface area (Å²) in [6.45, 7) is 2.81. The summed E-state index contributed by atoms with van der Waals surface area (Å²) < 4.78 is 0. The fourth-order valence-corrected chi connectivity index (χ4v) is 2.96. The first kappa shape index (κ1) is 8.17. The Morgan fingerprint density at radius 2 is 2.50 bits per heavy atom. The summed E-state index contributed by atoms with van der Waals surface area (Å²) in [5.41, 5.74) is 0.860. The van der Waals surface area contributed by atoms with Gasteiger partial charge in [0, 0.05) is 11.4 Å². The number of hydrogen-bond donors (Lipinski definition) is 1. The minimum absolute atomic E-state index is 0.0106. The first-order valence-electron chi connectivity index (χ1n) is 4.72. The van der Waals surface area contributed by atoms with Crippen molar-refractivity contribution in [3.05, 3.63) is 16.5 Å². The number of hydrogen-bond acceptors (Lipinski definition) is 4. The number of carbonyl (C=O) groups is 1. The maximum Gasteiger partial charge on any atom is 0.176 e. The number of aryl methyl sites for hydroxylation is 1. The molecule has 0 bridgehead atoms. The van der Waals surface area contributed by atoms with Crippen LogP contribution in [0.4, 0.5) is 5.00 Å². The Bertz CT molecular complexity index is 447. The number of rotatable bonds is 0. The van der Waals surface area contributed by atoms with Gasteiger partial charge >= 0.3 is 0 Å². The van der Waals surface area contributed by atoms with Crippen LogP contribution < -0.4 is 5.32 Å². The van der Waals surface area contributed by atoms with Crippen LogP contribution in [0.5, 0.6) is 0 Å². The summed E-state index contributed by atoms with van der Waals surface area (Å²) in [7, 11) is 0. The largest absolute Gasteiger partial charge is 0.335 e. The SMILES string of the molecule is Cc1cc2c(s1)NC1=NCCC1C2=O. The van der Waals surface area contributed by atoms with Crippen LogP contribution in [0.1, 0.15) is 21.7 Å². The monoisotopic (exact) mass is 206 g/mol. The van der Waals surface area contributed by atoms with Crippen molar-refractivity contribution in [3.63, 3.8) is 0 Å². The lowest BCUT2D eigenvalue weighted by Crippen LogP contribution is -2.31. The van der Waals surface area contributed by atoms with E-state index in [1.807, 2.05) is 13.0 Å². The van der Waals surface area contributed by atoms with Gasteiger partial charge in [-0.05, 0) is 19.4 Å². The molecule has 72 valence electrons. The molecule has 0 aromatic carbocycles. The van der Waals surface area contributed by atoms with Gasteiger partial charge in [0.15, 0.2) is 5.78 Å². The Labute approximate surface area is 85.9 Å². The molecular formula is C10H10N2OS. The van der Waals surface area contributed by atoms with E-state index in [9.17, 15) is 4.79 Å². The predicted octanol–water partition coefficient (Wildman–Crippen LogP) is 2.08. The molecule has 1 unspecified atom stereocenters. The van der Waals surface area contributed by atoms with Crippen LogP contribution in [0.25, 0.3) is 0 Å². The molecule has 3 nitrogen and oxygen atoms in total. The van der Waals surface area contributed by atoms with E-state index in [0.717, 1.165) is 29.4 Å². The highest BCUT2D eigenvalue weighted by Gasteiger charge is 2.35. The third-order valence-corrected chi connectivity index (χ3v) is 3.67. The van der Waals surface area contributed by atoms with Crippen molar-refractivity contribution in [3.8, 4) is 0 Å². The first-order valence-corrected chi connectivity index (χ1v) is 5.53. The zero-order valence-electron chi connectivity index (χ0n) is 7.83. The molecule has 0 spiro atoms. The molecular weight excluding hydrogens is 196 g/mol. The Hall–Kier alpha value is -1.16. The lowest BCUT2D eigenvalue weighted by atomic mass is 9.93. The minimum Gasteiger partial charge on any atom is -0.335 e. The Balaban J connectivity index is 2.14. The highest BCUT2D eigenvalue weighted by molar-refractivity contribution is 7.16. The van der Waals surface area contributed by atoms with Gasteiger partial charge in [-0.2, -0.15) is 0 Å². The van der Waals surface area contributed by atoms with Crippen LogP contribution in [0.3, 0.4) is 0 Å². The average Bonchev–Trinajstić information content (AvgIpc) is 2.71. The molecule has 1 atom stereocenters. The molecule has 0 radical (unpaired) electrons. The highest BCUT2D eigenvalue weighted by atomic mass is 32.1. The summed E-state index contributed by atoms with van der Waals surface area (Å²) in [5.74, 6) is 1.14. The smallest absolute Gasteiger partial charge is 0.176 e.